The van der Waals surface area contributed by atoms with Gasteiger partial charge in [0.1, 0.15) is 18.2 Å². The van der Waals surface area contributed by atoms with E-state index in [4.69, 9.17) is 9.84 Å². The monoisotopic (exact) mass is 343 g/mol. The van der Waals surface area contributed by atoms with Crippen molar-refractivity contribution in [2.45, 2.75) is 26.3 Å². The second-order valence-electron chi connectivity index (χ2n) is 6.90. The number of hydrogen-bond acceptors (Lipinski definition) is 3. The molecule has 1 heterocycles. The highest BCUT2D eigenvalue weighted by Gasteiger charge is 2.22. The molecule has 2 aromatic rings. The largest absolute Gasteiger partial charge is 0.491 e. The predicted molar refractivity (Wildman–Crippen MR) is 97.2 cm³/mol. The summed E-state index contributed by atoms with van der Waals surface area (Å²) in [5.41, 5.74) is 3.19. The van der Waals surface area contributed by atoms with Crippen LogP contribution in [-0.4, -0.2) is 36.3 Å². The standard InChI is InChI=1S/C21H26FNO2/c1-16-11-17(5-6-21(16)22)12-19-7-8-23(15-19)14-18-3-2-4-20(13-18)25-10-9-24/h2-6,11,13,19,24H,7-10,12,14-15H2,1H3. The van der Waals surface area contributed by atoms with Crippen LogP contribution in [0.3, 0.4) is 0 Å². The number of aliphatic hydroxyl groups is 1. The van der Waals surface area contributed by atoms with Gasteiger partial charge in [-0.2, -0.15) is 0 Å². The van der Waals surface area contributed by atoms with Gasteiger partial charge in [0.2, 0.25) is 0 Å². The lowest BCUT2D eigenvalue weighted by Crippen LogP contribution is -2.20. The molecule has 2 aromatic carbocycles. The van der Waals surface area contributed by atoms with E-state index in [1.54, 1.807) is 6.07 Å². The Kier molecular flexibility index (Phi) is 6.05. The van der Waals surface area contributed by atoms with Gasteiger partial charge in [-0.1, -0.05) is 24.3 Å². The van der Waals surface area contributed by atoms with E-state index in [0.29, 0.717) is 12.5 Å². The van der Waals surface area contributed by atoms with Gasteiger partial charge in [-0.05, 0) is 67.1 Å². The third-order valence-corrected chi connectivity index (χ3v) is 4.78. The van der Waals surface area contributed by atoms with E-state index in [0.717, 1.165) is 37.4 Å². The molecule has 0 spiro atoms. The highest BCUT2D eigenvalue weighted by atomic mass is 19.1. The van der Waals surface area contributed by atoms with Gasteiger partial charge in [-0.15, -0.1) is 0 Å². The van der Waals surface area contributed by atoms with Crippen LogP contribution in [0.15, 0.2) is 42.5 Å². The quantitative estimate of drug-likeness (QED) is 0.834. The molecule has 1 aliphatic rings. The SMILES string of the molecule is Cc1cc(CC2CCN(Cc3cccc(OCCO)c3)C2)ccc1F. The topological polar surface area (TPSA) is 32.7 Å². The van der Waals surface area contributed by atoms with Crippen LogP contribution in [0.5, 0.6) is 5.75 Å². The number of hydrogen-bond donors (Lipinski definition) is 1. The van der Waals surface area contributed by atoms with E-state index in [-0.39, 0.29) is 12.4 Å². The maximum absolute atomic E-state index is 13.4. The Morgan fingerprint density at radius 2 is 2.08 bits per heavy atom. The fraction of sp³-hybridized carbons (Fsp3) is 0.429. The molecule has 3 rings (SSSR count). The number of nitrogens with zero attached hydrogens (tertiary/aromatic N) is 1. The van der Waals surface area contributed by atoms with Gasteiger partial charge in [0, 0.05) is 13.1 Å². The molecule has 4 heteroatoms. The van der Waals surface area contributed by atoms with Crippen LogP contribution in [0, 0.1) is 18.7 Å². The fourth-order valence-corrected chi connectivity index (χ4v) is 3.55. The fourth-order valence-electron chi connectivity index (χ4n) is 3.55. The second kappa shape index (κ2) is 8.45. The number of ether oxygens (including phenoxy) is 1. The number of rotatable bonds is 7. The first-order chi connectivity index (χ1) is 12.1. The van der Waals surface area contributed by atoms with Gasteiger partial charge in [-0.3, -0.25) is 4.90 Å². The molecule has 0 saturated carbocycles. The molecule has 3 nitrogen and oxygen atoms in total. The molecule has 0 amide bonds. The lowest BCUT2D eigenvalue weighted by Gasteiger charge is -2.17. The Hall–Kier alpha value is -1.91. The molecule has 1 unspecified atom stereocenters. The van der Waals surface area contributed by atoms with Gasteiger partial charge in [-0.25, -0.2) is 4.39 Å². The first kappa shape index (κ1) is 17.9. The molecule has 1 saturated heterocycles. The third kappa shape index (κ3) is 5.03. The van der Waals surface area contributed by atoms with Crippen LogP contribution >= 0.6 is 0 Å². The summed E-state index contributed by atoms with van der Waals surface area (Å²) >= 11 is 0. The van der Waals surface area contributed by atoms with Gasteiger partial charge in [0.25, 0.3) is 0 Å². The van der Waals surface area contributed by atoms with Crippen molar-refractivity contribution in [2.75, 3.05) is 26.3 Å². The molecule has 0 aromatic heterocycles. The van der Waals surface area contributed by atoms with Crippen LogP contribution in [-0.2, 0) is 13.0 Å². The van der Waals surface area contributed by atoms with Crippen molar-refractivity contribution in [1.82, 2.24) is 4.90 Å². The number of aryl methyl sites for hydroxylation is 1. The Morgan fingerprint density at radius 1 is 1.20 bits per heavy atom. The molecule has 1 N–H and O–H groups in total. The Morgan fingerprint density at radius 3 is 2.88 bits per heavy atom. The molecule has 0 aliphatic carbocycles. The van der Waals surface area contributed by atoms with E-state index in [1.165, 1.54) is 17.5 Å². The molecule has 1 aliphatic heterocycles. The van der Waals surface area contributed by atoms with Crippen molar-refractivity contribution in [2.24, 2.45) is 5.92 Å². The van der Waals surface area contributed by atoms with Crippen molar-refractivity contribution in [3.63, 3.8) is 0 Å². The number of likely N-dealkylation sites (tertiary alicyclic amines) is 1. The van der Waals surface area contributed by atoms with Gasteiger partial charge in [0.05, 0.1) is 6.61 Å². The van der Waals surface area contributed by atoms with Crippen molar-refractivity contribution in [3.05, 3.63) is 65.0 Å². The highest BCUT2D eigenvalue weighted by Crippen LogP contribution is 2.24. The summed E-state index contributed by atoms with van der Waals surface area (Å²) in [6.45, 7) is 5.25. The molecular weight excluding hydrogens is 317 g/mol. The minimum atomic E-state index is -0.125. The number of halogens is 1. The minimum Gasteiger partial charge on any atom is -0.491 e. The first-order valence-electron chi connectivity index (χ1n) is 8.94. The van der Waals surface area contributed by atoms with Gasteiger partial charge in [0.15, 0.2) is 0 Å². The summed E-state index contributed by atoms with van der Waals surface area (Å²) < 4.78 is 18.9. The summed E-state index contributed by atoms with van der Waals surface area (Å²) in [6.07, 6.45) is 2.19. The first-order valence-corrected chi connectivity index (χ1v) is 8.94. The maximum atomic E-state index is 13.4. The van der Waals surface area contributed by atoms with Crippen molar-refractivity contribution < 1.29 is 14.2 Å². The van der Waals surface area contributed by atoms with Crippen molar-refractivity contribution in [3.8, 4) is 5.75 Å². The van der Waals surface area contributed by atoms with Crippen LogP contribution in [0.1, 0.15) is 23.1 Å². The molecule has 1 fully saturated rings. The molecule has 0 radical (unpaired) electrons. The summed E-state index contributed by atoms with van der Waals surface area (Å²) in [7, 11) is 0. The summed E-state index contributed by atoms with van der Waals surface area (Å²) in [5.74, 6) is 1.31. The average Bonchev–Trinajstić information content (AvgIpc) is 3.03. The van der Waals surface area contributed by atoms with Crippen molar-refractivity contribution >= 4 is 0 Å². The average molecular weight is 343 g/mol. The smallest absolute Gasteiger partial charge is 0.126 e. The van der Waals surface area contributed by atoms with Gasteiger partial charge < -0.3 is 9.84 Å². The zero-order valence-corrected chi connectivity index (χ0v) is 14.7. The van der Waals surface area contributed by atoms with E-state index >= 15 is 0 Å². The summed E-state index contributed by atoms with van der Waals surface area (Å²) in [5, 5.41) is 8.86. The Balaban J connectivity index is 1.53. The molecule has 134 valence electrons. The zero-order chi connectivity index (χ0) is 17.6. The van der Waals surface area contributed by atoms with E-state index in [1.807, 2.05) is 37.3 Å². The number of aliphatic hydroxyl groups excluding tert-OH is 1. The Bertz CT molecular complexity index is 704. The molecule has 1 atom stereocenters. The van der Waals surface area contributed by atoms with Crippen LogP contribution in [0.4, 0.5) is 4.39 Å². The predicted octanol–water partition coefficient (Wildman–Crippen LogP) is 3.57. The molecule has 25 heavy (non-hydrogen) atoms. The third-order valence-electron chi connectivity index (χ3n) is 4.78. The van der Waals surface area contributed by atoms with E-state index in [2.05, 4.69) is 11.0 Å². The lowest BCUT2D eigenvalue weighted by atomic mass is 9.97. The van der Waals surface area contributed by atoms with Crippen molar-refractivity contribution in [1.29, 1.82) is 0 Å². The van der Waals surface area contributed by atoms with E-state index < -0.39 is 0 Å². The van der Waals surface area contributed by atoms with E-state index in [9.17, 15) is 4.39 Å². The van der Waals surface area contributed by atoms with Gasteiger partial charge >= 0.3 is 0 Å². The highest BCUT2D eigenvalue weighted by molar-refractivity contribution is 5.28. The summed E-state index contributed by atoms with van der Waals surface area (Å²) in [4.78, 5) is 2.46. The lowest BCUT2D eigenvalue weighted by molar-refractivity contribution is 0.201. The maximum Gasteiger partial charge on any atom is 0.126 e. The minimum absolute atomic E-state index is 0.0287. The summed E-state index contributed by atoms with van der Waals surface area (Å²) in [6, 6.07) is 13.5. The normalized spacial score (nSPS) is 17.8. The number of benzene rings is 2. The molecular formula is C21H26FNO2. The Labute approximate surface area is 149 Å². The van der Waals surface area contributed by atoms with Crippen LogP contribution < -0.4 is 4.74 Å². The zero-order valence-electron chi connectivity index (χ0n) is 14.7. The second-order valence-corrected chi connectivity index (χ2v) is 6.90. The van der Waals surface area contributed by atoms with Crippen LogP contribution in [0.25, 0.3) is 0 Å². The molecule has 0 bridgehead atoms. The van der Waals surface area contributed by atoms with Crippen LogP contribution in [0.2, 0.25) is 0 Å².